The summed E-state index contributed by atoms with van der Waals surface area (Å²) in [5.41, 5.74) is 6.28. The van der Waals surface area contributed by atoms with Gasteiger partial charge in [0, 0.05) is 25.2 Å². The maximum atomic E-state index is 6.10. The zero-order chi connectivity index (χ0) is 10.2. The highest BCUT2D eigenvalue weighted by molar-refractivity contribution is 5.00. The number of hydrogen-bond donors (Lipinski definition) is 1. The Bertz CT molecular complexity index is 201. The van der Waals surface area contributed by atoms with Crippen LogP contribution in [0.1, 0.15) is 19.3 Å². The van der Waals surface area contributed by atoms with Crippen LogP contribution < -0.4 is 5.73 Å². The predicted octanol–water partition coefficient (Wildman–Crippen LogP) is 0.361. The van der Waals surface area contributed by atoms with Crippen molar-refractivity contribution < 1.29 is 0 Å². The van der Waals surface area contributed by atoms with Crippen molar-refractivity contribution in [2.24, 2.45) is 11.7 Å². The van der Waals surface area contributed by atoms with E-state index in [9.17, 15) is 0 Å². The molecule has 2 aliphatic rings. The summed E-state index contributed by atoms with van der Waals surface area (Å²) in [6.07, 6.45) is 3.81. The molecule has 0 aromatic rings. The van der Waals surface area contributed by atoms with Gasteiger partial charge < -0.3 is 15.5 Å². The number of likely N-dealkylation sites (tertiary alicyclic amines) is 1. The molecular formula is C11H23N3. The van der Waals surface area contributed by atoms with Crippen LogP contribution in [-0.2, 0) is 0 Å². The summed E-state index contributed by atoms with van der Waals surface area (Å²) in [5.74, 6) is 0.868. The van der Waals surface area contributed by atoms with Gasteiger partial charge in [0.05, 0.1) is 0 Å². The van der Waals surface area contributed by atoms with E-state index >= 15 is 0 Å². The van der Waals surface area contributed by atoms with E-state index in [0.29, 0.717) is 0 Å². The van der Waals surface area contributed by atoms with E-state index in [1.165, 1.54) is 38.9 Å². The average molecular weight is 197 g/mol. The van der Waals surface area contributed by atoms with Crippen LogP contribution in [-0.4, -0.2) is 55.6 Å². The summed E-state index contributed by atoms with van der Waals surface area (Å²) in [5, 5.41) is 0. The minimum atomic E-state index is 0.180. The van der Waals surface area contributed by atoms with E-state index in [2.05, 4.69) is 23.9 Å². The van der Waals surface area contributed by atoms with E-state index in [1.54, 1.807) is 0 Å². The standard InChI is InChI=1S/C11H23N3/c1-13-6-3-10(7-13)8-14(2)9-11(12)4-5-11/h10H,3-9,12H2,1-2H3. The van der Waals surface area contributed by atoms with Gasteiger partial charge in [-0.3, -0.25) is 0 Å². The van der Waals surface area contributed by atoms with Crippen LogP contribution >= 0.6 is 0 Å². The molecule has 0 aromatic carbocycles. The van der Waals surface area contributed by atoms with Crippen molar-refractivity contribution in [1.29, 1.82) is 0 Å². The highest BCUT2D eigenvalue weighted by Crippen LogP contribution is 2.32. The lowest BCUT2D eigenvalue weighted by molar-refractivity contribution is 0.254. The summed E-state index contributed by atoms with van der Waals surface area (Å²) in [6.45, 7) is 4.85. The van der Waals surface area contributed by atoms with Gasteiger partial charge in [-0.15, -0.1) is 0 Å². The van der Waals surface area contributed by atoms with E-state index < -0.39 is 0 Å². The van der Waals surface area contributed by atoms with Crippen molar-refractivity contribution >= 4 is 0 Å². The van der Waals surface area contributed by atoms with Crippen molar-refractivity contribution in [3.05, 3.63) is 0 Å². The Morgan fingerprint density at radius 2 is 2.21 bits per heavy atom. The second-order valence-corrected chi connectivity index (χ2v) is 5.48. The number of likely N-dealkylation sites (N-methyl/N-ethyl adjacent to an activating group) is 1. The molecule has 0 bridgehead atoms. The Kier molecular flexibility index (Phi) is 2.82. The molecule has 0 spiro atoms. The number of hydrogen-bond acceptors (Lipinski definition) is 3. The molecule has 3 heteroatoms. The SMILES string of the molecule is CN1CCC(CN(C)CC2(N)CC2)C1. The van der Waals surface area contributed by atoms with Gasteiger partial charge in [-0.2, -0.15) is 0 Å². The molecule has 1 saturated carbocycles. The van der Waals surface area contributed by atoms with Gasteiger partial charge in [-0.1, -0.05) is 0 Å². The first-order chi connectivity index (χ1) is 6.57. The molecule has 0 radical (unpaired) electrons. The Labute approximate surface area is 87.2 Å². The fraction of sp³-hybridized carbons (Fsp3) is 1.00. The monoisotopic (exact) mass is 197 g/mol. The first-order valence-corrected chi connectivity index (χ1v) is 5.73. The molecule has 82 valence electrons. The van der Waals surface area contributed by atoms with Gasteiger partial charge in [-0.05, 0) is 45.8 Å². The molecule has 1 saturated heterocycles. The van der Waals surface area contributed by atoms with Crippen LogP contribution in [0.2, 0.25) is 0 Å². The molecule has 0 aromatic heterocycles. The van der Waals surface area contributed by atoms with Crippen molar-refractivity contribution in [2.45, 2.75) is 24.8 Å². The quantitative estimate of drug-likeness (QED) is 0.706. The minimum Gasteiger partial charge on any atom is -0.324 e. The molecule has 1 aliphatic heterocycles. The van der Waals surface area contributed by atoms with E-state index in [-0.39, 0.29) is 5.54 Å². The molecular weight excluding hydrogens is 174 g/mol. The van der Waals surface area contributed by atoms with E-state index in [1.807, 2.05) is 0 Å². The fourth-order valence-electron chi connectivity index (χ4n) is 2.54. The van der Waals surface area contributed by atoms with Crippen LogP contribution in [0.4, 0.5) is 0 Å². The van der Waals surface area contributed by atoms with Gasteiger partial charge in [-0.25, -0.2) is 0 Å². The lowest BCUT2D eigenvalue weighted by Gasteiger charge is -2.23. The molecule has 14 heavy (non-hydrogen) atoms. The van der Waals surface area contributed by atoms with Crippen molar-refractivity contribution in [1.82, 2.24) is 9.80 Å². The van der Waals surface area contributed by atoms with Crippen LogP contribution in [0.15, 0.2) is 0 Å². The topological polar surface area (TPSA) is 32.5 Å². The summed E-state index contributed by atoms with van der Waals surface area (Å²) in [4.78, 5) is 4.85. The molecule has 1 heterocycles. The predicted molar refractivity (Wildman–Crippen MR) is 59.3 cm³/mol. The van der Waals surface area contributed by atoms with Gasteiger partial charge in [0.15, 0.2) is 0 Å². The van der Waals surface area contributed by atoms with Crippen LogP contribution in [0.25, 0.3) is 0 Å². The van der Waals surface area contributed by atoms with Gasteiger partial charge in [0.2, 0.25) is 0 Å². The van der Waals surface area contributed by atoms with Gasteiger partial charge in [0.1, 0.15) is 0 Å². The third kappa shape index (κ3) is 2.69. The highest BCUT2D eigenvalue weighted by atomic mass is 15.2. The van der Waals surface area contributed by atoms with Gasteiger partial charge >= 0.3 is 0 Å². The third-order valence-corrected chi connectivity index (χ3v) is 3.54. The Hall–Kier alpha value is -0.120. The molecule has 1 atom stereocenters. The summed E-state index contributed by atoms with van der Waals surface area (Å²) in [6, 6.07) is 0. The van der Waals surface area contributed by atoms with Crippen LogP contribution in [0.5, 0.6) is 0 Å². The highest BCUT2D eigenvalue weighted by Gasteiger charge is 2.39. The average Bonchev–Trinajstić information content (AvgIpc) is 2.64. The van der Waals surface area contributed by atoms with Crippen molar-refractivity contribution in [2.75, 3.05) is 40.3 Å². The molecule has 0 amide bonds. The fourth-order valence-corrected chi connectivity index (χ4v) is 2.54. The largest absolute Gasteiger partial charge is 0.324 e. The maximum Gasteiger partial charge on any atom is 0.0284 e. The first-order valence-electron chi connectivity index (χ1n) is 5.73. The van der Waals surface area contributed by atoms with Gasteiger partial charge in [0.25, 0.3) is 0 Å². The Morgan fingerprint density at radius 1 is 1.50 bits per heavy atom. The summed E-state index contributed by atoms with van der Waals surface area (Å²) < 4.78 is 0. The molecule has 2 fully saturated rings. The van der Waals surface area contributed by atoms with Crippen LogP contribution in [0, 0.1) is 5.92 Å². The second kappa shape index (κ2) is 3.80. The smallest absolute Gasteiger partial charge is 0.0284 e. The van der Waals surface area contributed by atoms with Crippen molar-refractivity contribution in [3.63, 3.8) is 0 Å². The third-order valence-electron chi connectivity index (χ3n) is 3.54. The molecule has 3 nitrogen and oxygen atoms in total. The molecule has 2 N–H and O–H groups in total. The van der Waals surface area contributed by atoms with E-state index in [4.69, 9.17) is 5.73 Å². The van der Waals surface area contributed by atoms with Crippen LogP contribution in [0.3, 0.4) is 0 Å². The minimum absolute atomic E-state index is 0.180. The number of rotatable bonds is 4. The molecule has 1 unspecified atom stereocenters. The lowest BCUT2D eigenvalue weighted by atomic mass is 10.1. The summed E-state index contributed by atoms with van der Waals surface area (Å²) >= 11 is 0. The number of nitrogens with two attached hydrogens (primary N) is 1. The second-order valence-electron chi connectivity index (χ2n) is 5.48. The Balaban J connectivity index is 1.69. The normalized spacial score (nSPS) is 31.3. The lowest BCUT2D eigenvalue weighted by Crippen LogP contribution is -2.39. The molecule has 2 rings (SSSR count). The van der Waals surface area contributed by atoms with E-state index in [0.717, 1.165) is 12.5 Å². The first kappa shape index (κ1) is 10.4. The zero-order valence-corrected chi connectivity index (χ0v) is 9.50. The summed E-state index contributed by atoms with van der Waals surface area (Å²) in [7, 11) is 4.43. The number of nitrogens with zero attached hydrogens (tertiary/aromatic N) is 2. The zero-order valence-electron chi connectivity index (χ0n) is 9.50. The molecule has 1 aliphatic carbocycles. The Morgan fingerprint density at radius 3 is 2.71 bits per heavy atom. The maximum absolute atomic E-state index is 6.10. The van der Waals surface area contributed by atoms with Crippen molar-refractivity contribution in [3.8, 4) is 0 Å².